The maximum absolute atomic E-state index is 13.1. The van der Waals surface area contributed by atoms with Crippen molar-refractivity contribution in [3.63, 3.8) is 0 Å². The SMILES string of the molecule is CNc1ccc(OC(C)c2ccccc2C(F)(F)F)cc1C(F)(F)F. The second-order valence-electron chi connectivity index (χ2n) is 5.30. The molecule has 136 valence electrons. The Kier molecular flexibility index (Phi) is 5.20. The molecule has 25 heavy (non-hydrogen) atoms. The largest absolute Gasteiger partial charge is 0.486 e. The lowest BCUT2D eigenvalue weighted by molar-refractivity contribution is -0.139. The summed E-state index contributed by atoms with van der Waals surface area (Å²) in [5.74, 6) is -0.171. The third-order valence-corrected chi connectivity index (χ3v) is 3.58. The van der Waals surface area contributed by atoms with Crippen LogP contribution in [0.1, 0.15) is 29.7 Å². The average molecular weight is 363 g/mol. The first-order valence-electron chi connectivity index (χ1n) is 7.26. The first kappa shape index (κ1) is 19.0. The second kappa shape index (κ2) is 6.85. The van der Waals surface area contributed by atoms with E-state index in [4.69, 9.17) is 4.74 Å². The van der Waals surface area contributed by atoms with Crippen molar-refractivity contribution >= 4 is 5.69 Å². The summed E-state index contributed by atoms with van der Waals surface area (Å²) in [7, 11) is 1.34. The lowest BCUT2D eigenvalue weighted by Crippen LogP contribution is -2.14. The zero-order chi connectivity index (χ0) is 18.8. The predicted octanol–water partition coefficient (Wildman–Crippen LogP) is 5.91. The van der Waals surface area contributed by atoms with Crippen LogP contribution < -0.4 is 10.1 Å². The molecule has 0 fully saturated rings. The molecule has 8 heteroatoms. The quantitative estimate of drug-likeness (QED) is 0.682. The molecule has 0 amide bonds. The van der Waals surface area contributed by atoms with E-state index in [0.717, 1.165) is 12.1 Å². The molecule has 0 aromatic heterocycles. The van der Waals surface area contributed by atoms with Crippen molar-refractivity contribution in [3.8, 4) is 5.75 Å². The van der Waals surface area contributed by atoms with Crippen LogP contribution in [0.3, 0.4) is 0 Å². The van der Waals surface area contributed by atoms with Gasteiger partial charge in [0.1, 0.15) is 11.9 Å². The van der Waals surface area contributed by atoms with Gasteiger partial charge in [-0.2, -0.15) is 26.3 Å². The van der Waals surface area contributed by atoms with Gasteiger partial charge in [0, 0.05) is 18.3 Å². The zero-order valence-corrected chi connectivity index (χ0v) is 13.3. The van der Waals surface area contributed by atoms with E-state index in [0.29, 0.717) is 0 Å². The van der Waals surface area contributed by atoms with Crippen LogP contribution in [0.5, 0.6) is 5.75 Å². The maximum atomic E-state index is 13.1. The van der Waals surface area contributed by atoms with Crippen molar-refractivity contribution in [1.82, 2.24) is 0 Å². The molecule has 0 spiro atoms. The zero-order valence-electron chi connectivity index (χ0n) is 13.3. The molecule has 0 aliphatic rings. The highest BCUT2D eigenvalue weighted by atomic mass is 19.4. The van der Waals surface area contributed by atoms with E-state index < -0.39 is 29.6 Å². The number of halogens is 6. The molecule has 2 aromatic carbocycles. The van der Waals surface area contributed by atoms with Crippen molar-refractivity contribution in [3.05, 3.63) is 59.2 Å². The summed E-state index contributed by atoms with van der Waals surface area (Å²) < 4.78 is 83.7. The molecule has 0 aliphatic carbocycles. The number of alkyl halides is 6. The van der Waals surface area contributed by atoms with Gasteiger partial charge in [0.05, 0.1) is 11.1 Å². The molecule has 1 N–H and O–H groups in total. The van der Waals surface area contributed by atoms with Crippen LogP contribution in [-0.4, -0.2) is 7.05 Å². The Morgan fingerprint density at radius 3 is 2.04 bits per heavy atom. The molecule has 1 atom stereocenters. The minimum Gasteiger partial charge on any atom is -0.486 e. The average Bonchev–Trinajstić information content (AvgIpc) is 2.53. The van der Waals surface area contributed by atoms with Gasteiger partial charge in [-0.3, -0.25) is 0 Å². The second-order valence-corrected chi connectivity index (χ2v) is 5.30. The lowest BCUT2D eigenvalue weighted by Gasteiger charge is -2.21. The minimum atomic E-state index is -4.62. The Bertz CT molecular complexity index is 739. The lowest BCUT2D eigenvalue weighted by atomic mass is 10.0. The van der Waals surface area contributed by atoms with Gasteiger partial charge in [-0.05, 0) is 31.2 Å². The van der Waals surface area contributed by atoms with Crippen molar-refractivity contribution in [2.45, 2.75) is 25.4 Å². The summed E-state index contributed by atoms with van der Waals surface area (Å²) in [5.41, 5.74) is -2.14. The van der Waals surface area contributed by atoms with Crippen LogP contribution in [0.15, 0.2) is 42.5 Å². The van der Waals surface area contributed by atoms with E-state index in [1.807, 2.05) is 0 Å². The maximum Gasteiger partial charge on any atom is 0.418 e. The van der Waals surface area contributed by atoms with E-state index in [-0.39, 0.29) is 17.0 Å². The monoisotopic (exact) mass is 363 g/mol. The van der Waals surface area contributed by atoms with E-state index >= 15 is 0 Å². The molecule has 0 radical (unpaired) electrons. The fourth-order valence-corrected chi connectivity index (χ4v) is 2.43. The molecule has 0 bridgehead atoms. The summed E-state index contributed by atoms with van der Waals surface area (Å²) in [4.78, 5) is 0. The minimum absolute atomic E-state index is 0.150. The number of ether oxygens (including phenoxy) is 1. The number of anilines is 1. The first-order chi connectivity index (χ1) is 11.5. The first-order valence-corrected chi connectivity index (χ1v) is 7.26. The predicted molar refractivity (Wildman–Crippen MR) is 81.5 cm³/mol. The molecule has 2 aromatic rings. The van der Waals surface area contributed by atoms with Crippen LogP contribution in [0, 0.1) is 0 Å². The van der Waals surface area contributed by atoms with Gasteiger partial charge < -0.3 is 10.1 Å². The smallest absolute Gasteiger partial charge is 0.418 e. The van der Waals surface area contributed by atoms with Crippen molar-refractivity contribution in [2.24, 2.45) is 0 Å². The summed E-state index contributed by atoms with van der Waals surface area (Å²) in [5, 5.41) is 2.42. The van der Waals surface area contributed by atoms with Gasteiger partial charge in [-0.15, -0.1) is 0 Å². The molecule has 2 rings (SSSR count). The molecule has 0 saturated carbocycles. The highest BCUT2D eigenvalue weighted by Crippen LogP contribution is 2.39. The van der Waals surface area contributed by atoms with Crippen LogP contribution in [0.25, 0.3) is 0 Å². The van der Waals surface area contributed by atoms with E-state index in [1.54, 1.807) is 0 Å². The van der Waals surface area contributed by atoms with Crippen molar-refractivity contribution in [2.75, 3.05) is 12.4 Å². The number of rotatable bonds is 4. The fourth-order valence-electron chi connectivity index (χ4n) is 2.43. The number of benzene rings is 2. The fraction of sp³-hybridized carbons (Fsp3) is 0.294. The van der Waals surface area contributed by atoms with Crippen LogP contribution >= 0.6 is 0 Å². The highest BCUT2D eigenvalue weighted by molar-refractivity contribution is 5.55. The third-order valence-electron chi connectivity index (χ3n) is 3.58. The number of nitrogens with one attached hydrogen (secondary N) is 1. The third kappa shape index (κ3) is 4.37. The standard InChI is InChI=1S/C17H15F6NO/c1-10(12-5-3-4-6-13(12)16(18,19)20)25-11-7-8-15(24-2)14(9-11)17(21,22)23/h3-10,24H,1-2H3. The molecular formula is C17H15F6NO. The van der Waals surface area contributed by atoms with Gasteiger partial charge >= 0.3 is 12.4 Å². The van der Waals surface area contributed by atoms with Crippen LogP contribution in [0.4, 0.5) is 32.0 Å². The summed E-state index contributed by atoms with van der Waals surface area (Å²) in [6.07, 6.45) is -10.3. The molecule has 2 nitrogen and oxygen atoms in total. The number of hydrogen-bond acceptors (Lipinski definition) is 2. The van der Waals surface area contributed by atoms with Gasteiger partial charge in [0.15, 0.2) is 0 Å². The Morgan fingerprint density at radius 1 is 0.880 bits per heavy atom. The highest BCUT2D eigenvalue weighted by Gasteiger charge is 2.36. The summed E-state index contributed by atoms with van der Waals surface area (Å²) in [6, 6.07) is 7.99. The van der Waals surface area contributed by atoms with Gasteiger partial charge in [0.2, 0.25) is 0 Å². The van der Waals surface area contributed by atoms with Gasteiger partial charge in [-0.25, -0.2) is 0 Å². The summed E-state index contributed by atoms with van der Waals surface area (Å²) in [6.45, 7) is 1.35. The van der Waals surface area contributed by atoms with E-state index in [9.17, 15) is 26.3 Å². The molecule has 0 saturated heterocycles. The van der Waals surface area contributed by atoms with Crippen molar-refractivity contribution in [1.29, 1.82) is 0 Å². The van der Waals surface area contributed by atoms with Crippen LogP contribution in [0.2, 0.25) is 0 Å². The Balaban J connectivity index is 2.35. The van der Waals surface area contributed by atoms with E-state index in [2.05, 4.69) is 5.32 Å². The topological polar surface area (TPSA) is 21.3 Å². The van der Waals surface area contributed by atoms with Crippen molar-refractivity contribution < 1.29 is 31.1 Å². The Morgan fingerprint density at radius 2 is 1.48 bits per heavy atom. The number of hydrogen-bond donors (Lipinski definition) is 1. The Hall–Kier alpha value is -2.38. The normalized spacial score (nSPS) is 13.4. The summed E-state index contributed by atoms with van der Waals surface area (Å²) >= 11 is 0. The van der Waals surface area contributed by atoms with E-state index in [1.165, 1.54) is 44.3 Å². The Labute approximate surface area is 140 Å². The van der Waals surface area contributed by atoms with Gasteiger partial charge in [0.25, 0.3) is 0 Å². The molecular weight excluding hydrogens is 348 g/mol. The van der Waals surface area contributed by atoms with Gasteiger partial charge in [-0.1, -0.05) is 18.2 Å². The molecule has 1 unspecified atom stereocenters. The molecule has 0 heterocycles. The van der Waals surface area contributed by atoms with Crippen LogP contribution in [-0.2, 0) is 12.4 Å². The molecule has 0 aliphatic heterocycles.